The molecular formula is C6H9ClN6. The summed E-state index contributed by atoms with van der Waals surface area (Å²) in [5.41, 5.74) is 11.6. The molecule has 0 aliphatic rings. The molecule has 0 aromatic carbocycles. The molecule has 6 nitrogen and oxygen atoms in total. The topological polar surface area (TPSA) is 105 Å². The number of halogens is 1. The highest BCUT2D eigenvalue weighted by Crippen LogP contribution is 2.12. The molecule has 0 saturated carbocycles. The van der Waals surface area contributed by atoms with Crippen LogP contribution in [0.25, 0.3) is 0 Å². The number of nitrogens with two attached hydrogens (primary N) is 2. The Morgan fingerprint density at radius 3 is 2.77 bits per heavy atom. The number of aryl methyl sites for hydroxylation is 1. The molecule has 5 N–H and O–H groups in total. The summed E-state index contributed by atoms with van der Waals surface area (Å²) >= 11 is 5.72. The first-order chi connectivity index (χ1) is 6.11. The molecule has 1 heterocycles. The average Bonchev–Trinajstić information content (AvgIpc) is 2.34. The number of hydrogen-bond acceptors (Lipinski definition) is 3. The molecule has 0 spiro atoms. The SMILES string of the molecule is Cc1[nH]nc(Cl)c1/C=N/N=C(N)N. The molecule has 1 aromatic rings. The Bertz CT molecular complexity index is 329. The van der Waals surface area contributed by atoms with E-state index in [1.807, 2.05) is 6.92 Å². The summed E-state index contributed by atoms with van der Waals surface area (Å²) in [6, 6.07) is 0. The minimum Gasteiger partial charge on any atom is -0.369 e. The maximum Gasteiger partial charge on any atom is 0.211 e. The summed E-state index contributed by atoms with van der Waals surface area (Å²) in [5, 5.41) is 13.8. The number of nitrogens with zero attached hydrogens (tertiary/aromatic N) is 3. The highest BCUT2D eigenvalue weighted by molar-refractivity contribution is 6.32. The summed E-state index contributed by atoms with van der Waals surface area (Å²) in [6.45, 7) is 1.82. The largest absolute Gasteiger partial charge is 0.369 e. The van der Waals surface area contributed by atoms with Crippen LogP contribution in [0.15, 0.2) is 10.2 Å². The third-order valence-electron chi connectivity index (χ3n) is 1.31. The van der Waals surface area contributed by atoms with Gasteiger partial charge in [-0.25, -0.2) is 0 Å². The van der Waals surface area contributed by atoms with Gasteiger partial charge in [0.25, 0.3) is 0 Å². The van der Waals surface area contributed by atoms with Crippen LogP contribution in [0.3, 0.4) is 0 Å². The fourth-order valence-electron chi connectivity index (χ4n) is 0.711. The number of aromatic amines is 1. The first kappa shape index (κ1) is 9.53. The molecule has 0 amide bonds. The van der Waals surface area contributed by atoms with E-state index in [1.165, 1.54) is 6.21 Å². The number of H-pyrrole nitrogens is 1. The zero-order valence-electron chi connectivity index (χ0n) is 6.95. The minimum absolute atomic E-state index is 0.103. The summed E-state index contributed by atoms with van der Waals surface area (Å²) in [4.78, 5) is 0. The van der Waals surface area contributed by atoms with E-state index in [4.69, 9.17) is 23.1 Å². The van der Waals surface area contributed by atoms with Crippen LogP contribution in [-0.4, -0.2) is 22.4 Å². The highest BCUT2D eigenvalue weighted by Gasteiger charge is 2.03. The number of nitrogens with one attached hydrogen (secondary N) is 1. The zero-order chi connectivity index (χ0) is 9.84. The van der Waals surface area contributed by atoms with Crippen LogP contribution < -0.4 is 11.5 Å². The Morgan fingerprint density at radius 2 is 2.31 bits per heavy atom. The molecular weight excluding hydrogens is 192 g/mol. The van der Waals surface area contributed by atoms with Gasteiger partial charge in [0.2, 0.25) is 5.96 Å². The standard InChI is InChI=1S/C6H9ClN6/c1-3-4(5(7)12-11-3)2-10-13-6(8)9/h2H,1H3,(H,11,12)(H4,8,9,13)/b10-2+. The Balaban J connectivity index is 2.85. The van der Waals surface area contributed by atoms with Gasteiger partial charge in [-0.1, -0.05) is 11.6 Å². The highest BCUT2D eigenvalue weighted by atomic mass is 35.5. The second-order valence-electron chi connectivity index (χ2n) is 2.32. The Morgan fingerprint density at radius 1 is 1.62 bits per heavy atom. The van der Waals surface area contributed by atoms with Gasteiger partial charge in [0.1, 0.15) is 0 Å². The maximum atomic E-state index is 5.72. The monoisotopic (exact) mass is 200 g/mol. The molecule has 1 rings (SSSR count). The maximum absolute atomic E-state index is 5.72. The van der Waals surface area contributed by atoms with Crippen molar-refractivity contribution in [3.8, 4) is 0 Å². The van der Waals surface area contributed by atoms with Crippen molar-refractivity contribution < 1.29 is 0 Å². The van der Waals surface area contributed by atoms with Crippen LogP contribution in [0, 0.1) is 6.92 Å². The van der Waals surface area contributed by atoms with Crippen molar-refractivity contribution in [1.29, 1.82) is 0 Å². The summed E-state index contributed by atoms with van der Waals surface area (Å²) in [6.07, 6.45) is 1.43. The molecule has 7 heteroatoms. The van der Waals surface area contributed by atoms with Gasteiger partial charge in [0.05, 0.1) is 11.8 Å². The van der Waals surface area contributed by atoms with E-state index in [0.29, 0.717) is 10.7 Å². The van der Waals surface area contributed by atoms with Gasteiger partial charge in [-0.05, 0) is 6.92 Å². The minimum atomic E-state index is -0.103. The van der Waals surface area contributed by atoms with E-state index < -0.39 is 0 Å². The fraction of sp³-hybridized carbons (Fsp3) is 0.167. The number of guanidine groups is 1. The van der Waals surface area contributed by atoms with E-state index >= 15 is 0 Å². The van der Waals surface area contributed by atoms with Crippen molar-refractivity contribution in [3.63, 3.8) is 0 Å². The van der Waals surface area contributed by atoms with Crippen molar-refractivity contribution in [2.75, 3.05) is 0 Å². The number of hydrogen-bond donors (Lipinski definition) is 3. The normalized spacial score (nSPS) is 10.6. The fourth-order valence-corrected chi connectivity index (χ4v) is 0.944. The third-order valence-corrected chi connectivity index (χ3v) is 1.60. The van der Waals surface area contributed by atoms with Crippen LogP contribution in [0.4, 0.5) is 0 Å². The van der Waals surface area contributed by atoms with Gasteiger partial charge in [-0.3, -0.25) is 5.10 Å². The molecule has 0 radical (unpaired) electrons. The van der Waals surface area contributed by atoms with Crippen molar-refractivity contribution in [3.05, 3.63) is 16.4 Å². The van der Waals surface area contributed by atoms with Gasteiger partial charge in [-0.15, -0.1) is 5.10 Å². The number of aromatic nitrogens is 2. The quantitative estimate of drug-likeness (QED) is 0.355. The third kappa shape index (κ3) is 2.45. The Kier molecular flexibility index (Phi) is 2.86. The van der Waals surface area contributed by atoms with Crippen molar-refractivity contribution >= 4 is 23.8 Å². The van der Waals surface area contributed by atoms with Crippen molar-refractivity contribution in [1.82, 2.24) is 10.2 Å². The lowest BCUT2D eigenvalue weighted by Gasteiger charge is -1.87. The lowest BCUT2D eigenvalue weighted by molar-refractivity contribution is 1.05. The first-order valence-electron chi connectivity index (χ1n) is 3.43. The van der Waals surface area contributed by atoms with Crippen LogP contribution in [-0.2, 0) is 0 Å². The number of rotatable bonds is 2. The molecule has 70 valence electrons. The van der Waals surface area contributed by atoms with E-state index in [0.717, 1.165) is 5.69 Å². The molecule has 0 aliphatic carbocycles. The van der Waals surface area contributed by atoms with Gasteiger partial charge in [0.15, 0.2) is 5.15 Å². The predicted octanol–water partition coefficient (Wildman–Crippen LogP) is -0.0212. The van der Waals surface area contributed by atoms with Crippen molar-refractivity contribution in [2.24, 2.45) is 21.7 Å². The molecule has 13 heavy (non-hydrogen) atoms. The molecule has 0 unspecified atom stereocenters. The van der Waals surface area contributed by atoms with Crippen molar-refractivity contribution in [2.45, 2.75) is 6.92 Å². The van der Waals surface area contributed by atoms with Crippen LogP contribution in [0.2, 0.25) is 5.15 Å². The van der Waals surface area contributed by atoms with Gasteiger partial charge >= 0.3 is 0 Å². The predicted molar refractivity (Wildman–Crippen MR) is 51.7 cm³/mol. The van der Waals surface area contributed by atoms with Crippen LogP contribution in [0.1, 0.15) is 11.3 Å². The average molecular weight is 201 g/mol. The second kappa shape index (κ2) is 3.90. The van der Waals surface area contributed by atoms with E-state index in [9.17, 15) is 0 Å². The van der Waals surface area contributed by atoms with E-state index in [1.54, 1.807) is 0 Å². The molecule has 0 bridgehead atoms. The van der Waals surface area contributed by atoms with Gasteiger partial charge in [0, 0.05) is 5.69 Å². The molecule has 0 atom stereocenters. The first-order valence-corrected chi connectivity index (χ1v) is 3.81. The summed E-state index contributed by atoms with van der Waals surface area (Å²) < 4.78 is 0. The smallest absolute Gasteiger partial charge is 0.211 e. The van der Waals surface area contributed by atoms with Crippen LogP contribution >= 0.6 is 11.6 Å². The van der Waals surface area contributed by atoms with Crippen LogP contribution in [0.5, 0.6) is 0 Å². The second-order valence-corrected chi connectivity index (χ2v) is 2.68. The molecule has 1 aromatic heterocycles. The zero-order valence-corrected chi connectivity index (χ0v) is 7.71. The van der Waals surface area contributed by atoms with Gasteiger partial charge < -0.3 is 11.5 Å². The Labute approximate surface area is 79.7 Å². The molecule has 0 aliphatic heterocycles. The lowest BCUT2D eigenvalue weighted by atomic mass is 10.3. The lowest BCUT2D eigenvalue weighted by Crippen LogP contribution is -2.21. The van der Waals surface area contributed by atoms with Gasteiger partial charge in [-0.2, -0.15) is 10.2 Å². The van der Waals surface area contributed by atoms with E-state index in [2.05, 4.69) is 20.4 Å². The molecule has 0 saturated heterocycles. The summed E-state index contributed by atoms with van der Waals surface area (Å²) in [7, 11) is 0. The Hall–Kier alpha value is -1.56. The molecule has 0 fully saturated rings. The van der Waals surface area contributed by atoms with E-state index in [-0.39, 0.29) is 5.96 Å². The summed E-state index contributed by atoms with van der Waals surface area (Å²) in [5.74, 6) is -0.103.